The van der Waals surface area contributed by atoms with Gasteiger partial charge in [-0.15, -0.1) is 0 Å². The molecule has 3 aromatic rings. The Kier molecular flexibility index (Phi) is 5.59. The molecule has 4 rings (SSSR count). The third-order valence-electron chi connectivity index (χ3n) is 5.61. The van der Waals surface area contributed by atoms with Crippen LogP contribution in [-0.4, -0.2) is 27.4 Å². The molecule has 2 aromatic heterocycles. The summed E-state index contributed by atoms with van der Waals surface area (Å²) < 4.78 is 0. The number of hydrogen-bond donors (Lipinski definition) is 3. The lowest BCUT2D eigenvalue weighted by molar-refractivity contribution is -0.120. The van der Waals surface area contributed by atoms with Crippen LogP contribution < -0.4 is 16.0 Å². The van der Waals surface area contributed by atoms with E-state index >= 15 is 0 Å². The number of rotatable bonds is 6. The van der Waals surface area contributed by atoms with E-state index in [1.54, 1.807) is 6.20 Å². The number of aryl methyl sites for hydroxylation is 1. The second kappa shape index (κ2) is 8.34. The lowest BCUT2D eigenvalue weighted by atomic mass is 9.87. The molecule has 1 aliphatic rings. The smallest absolute Gasteiger partial charge is 0.227 e. The molecule has 1 aliphatic heterocycles. The molecule has 0 radical (unpaired) electrons. The number of carbonyl (C=O) groups excluding carboxylic acids is 1. The van der Waals surface area contributed by atoms with E-state index in [1.165, 1.54) is 5.56 Å². The minimum atomic E-state index is 0.0436. The van der Waals surface area contributed by atoms with Crippen LogP contribution in [0.4, 0.5) is 17.5 Å². The van der Waals surface area contributed by atoms with Crippen molar-refractivity contribution in [3.63, 3.8) is 0 Å². The first-order valence-electron chi connectivity index (χ1n) is 10.6. The first-order chi connectivity index (χ1) is 14.9. The molecule has 0 aliphatic carbocycles. The number of fused-ring (bicyclic) bond motifs is 1. The van der Waals surface area contributed by atoms with Crippen LogP contribution >= 0.6 is 0 Å². The van der Waals surface area contributed by atoms with E-state index in [2.05, 4.69) is 51.9 Å². The first-order valence-corrected chi connectivity index (χ1v) is 10.6. The molecular weight excluding hydrogens is 388 g/mol. The molecule has 1 amide bonds. The molecule has 7 heteroatoms. The monoisotopic (exact) mass is 416 g/mol. The number of amides is 1. The number of nitrogens with one attached hydrogen (secondary N) is 3. The van der Waals surface area contributed by atoms with E-state index in [9.17, 15) is 4.79 Å². The summed E-state index contributed by atoms with van der Waals surface area (Å²) in [4.78, 5) is 25.1. The Bertz CT molecular complexity index is 1120. The highest BCUT2D eigenvalue weighted by Crippen LogP contribution is 2.36. The van der Waals surface area contributed by atoms with Gasteiger partial charge in [-0.25, -0.2) is 15.0 Å². The maximum Gasteiger partial charge on any atom is 0.227 e. The van der Waals surface area contributed by atoms with Crippen LogP contribution in [-0.2, 0) is 16.8 Å². The molecule has 0 bridgehead atoms. The number of hydrogen-bond acceptors (Lipinski definition) is 6. The van der Waals surface area contributed by atoms with Crippen molar-refractivity contribution in [1.29, 1.82) is 0 Å². The van der Waals surface area contributed by atoms with Gasteiger partial charge in [0.15, 0.2) is 0 Å². The number of pyridine rings is 1. The van der Waals surface area contributed by atoms with Gasteiger partial charge in [-0.3, -0.25) is 4.79 Å². The van der Waals surface area contributed by atoms with Gasteiger partial charge in [-0.05, 0) is 36.2 Å². The van der Waals surface area contributed by atoms with E-state index in [4.69, 9.17) is 4.98 Å². The summed E-state index contributed by atoms with van der Waals surface area (Å²) in [5, 5.41) is 9.57. The molecule has 0 atom stereocenters. The number of aromatic nitrogens is 3. The second-order valence-corrected chi connectivity index (χ2v) is 8.53. The number of anilines is 3. The van der Waals surface area contributed by atoms with Crippen molar-refractivity contribution < 1.29 is 4.79 Å². The van der Waals surface area contributed by atoms with Crippen molar-refractivity contribution >= 4 is 23.4 Å². The van der Waals surface area contributed by atoms with Gasteiger partial charge in [0.25, 0.3) is 0 Å². The normalized spacial score (nSPS) is 13.9. The molecule has 0 fully saturated rings. The summed E-state index contributed by atoms with van der Waals surface area (Å²) >= 11 is 0. The van der Waals surface area contributed by atoms with Crippen molar-refractivity contribution in [3.8, 4) is 11.3 Å². The zero-order valence-electron chi connectivity index (χ0n) is 18.4. The van der Waals surface area contributed by atoms with Crippen LogP contribution in [0.1, 0.15) is 43.9 Å². The molecular formula is C24H28N6O. The van der Waals surface area contributed by atoms with Crippen LogP contribution in [0.3, 0.4) is 0 Å². The largest absolute Gasteiger partial charge is 0.369 e. The Labute approximate surface area is 182 Å². The summed E-state index contributed by atoms with van der Waals surface area (Å²) in [5.74, 6) is 1.53. The SMILES string of the molecule is CCC(=O)NCc1ccc(Nc2nccc(-c3cnc4c(c3)C(C)(C)CN4)n2)c(C)c1. The molecule has 0 spiro atoms. The summed E-state index contributed by atoms with van der Waals surface area (Å²) in [6.07, 6.45) is 4.09. The second-order valence-electron chi connectivity index (χ2n) is 8.53. The van der Waals surface area contributed by atoms with E-state index in [0.717, 1.165) is 40.4 Å². The molecule has 3 N–H and O–H groups in total. The number of carbonyl (C=O) groups is 1. The standard InChI is InChI=1S/C24H28N6O/c1-5-21(31)26-12-16-6-7-19(15(2)10-16)29-23-25-9-8-20(30-23)17-11-18-22(27-13-17)28-14-24(18,3)4/h6-11,13H,5,12,14H2,1-4H3,(H,26,31)(H,27,28)(H,25,29,30). The maximum atomic E-state index is 11.5. The van der Waals surface area contributed by atoms with Crippen LogP contribution in [0, 0.1) is 6.92 Å². The van der Waals surface area contributed by atoms with Gasteiger partial charge in [-0.2, -0.15) is 0 Å². The highest BCUT2D eigenvalue weighted by Gasteiger charge is 2.31. The average Bonchev–Trinajstić information content (AvgIpc) is 3.08. The molecule has 3 heterocycles. The van der Waals surface area contributed by atoms with Crippen molar-refractivity contribution in [2.75, 3.05) is 17.2 Å². The molecule has 1 aromatic carbocycles. The van der Waals surface area contributed by atoms with Gasteiger partial charge in [-0.1, -0.05) is 32.9 Å². The molecule has 7 nitrogen and oxygen atoms in total. The van der Waals surface area contributed by atoms with Gasteiger partial charge in [0.05, 0.1) is 5.69 Å². The van der Waals surface area contributed by atoms with Crippen molar-refractivity contribution in [2.24, 2.45) is 0 Å². The van der Waals surface area contributed by atoms with Crippen LogP contribution in [0.15, 0.2) is 42.7 Å². The summed E-state index contributed by atoms with van der Waals surface area (Å²) in [7, 11) is 0. The van der Waals surface area contributed by atoms with Crippen LogP contribution in [0.2, 0.25) is 0 Å². The molecule has 0 saturated heterocycles. The Morgan fingerprint density at radius 3 is 2.81 bits per heavy atom. The lowest BCUT2D eigenvalue weighted by Gasteiger charge is -2.17. The van der Waals surface area contributed by atoms with Gasteiger partial charge >= 0.3 is 0 Å². The third-order valence-corrected chi connectivity index (χ3v) is 5.61. The van der Waals surface area contributed by atoms with Crippen molar-refractivity contribution in [2.45, 2.75) is 46.1 Å². The quantitative estimate of drug-likeness (QED) is 0.554. The zero-order valence-corrected chi connectivity index (χ0v) is 18.4. The zero-order chi connectivity index (χ0) is 22.0. The highest BCUT2D eigenvalue weighted by atomic mass is 16.1. The Morgan fingerprint density at radius 2 is 2.03 bits per heavy atom. The Hall–Kier alpha value is -3.48. The molecule has 0 unspecified atom stereocenters. The molecule has 31 heavy (non-hydrogen) atoms. The lowest BCUT2D eigenvalue weighted by Crippen LogP contribution is -2.21. The number of benzene rings is 1. The minimum Gasteiger partial charge on any atom is -0.369 e. The highest BCUT2D eigenvalue weighted by molar-refractivity contribution is 5.75. The van der Waals surface area contributed by atoms with Gasteiger partial charge in [0.1, 0.15) is 5.82 Å². The van der Waals surface area contributed by atoms with Gasteiger partial charge in [0.2, 0.25) is 11.9 Å². The van der Waals surface area contributed by atoms with Crippen molar-refractivity contribution in [3.05, 3.63) is 59.4 Å². The van der Waals surface area contributed by atoms with Gasteiger partial charge < -0.3 is 16.0 Å². The van der Waals surface area contributed by atoms with Crippen LogP contribution in [0.5, 0.6) is 0 Å². The fraction of sp³-hybridized carbons (Fsp3) is 0.333. The maximum absolute atomic E-state index is 11.5. The number of nitrogens with zero attached hydrogens (tertiary/aromatic N) is 3. The van der Waals surface area contributed by atoms with E-state index in [0.29, 0.717) is 18.9 Å². The molecule has 0 saturated carbocycles. The first kappa shape index (κ1) is 20.8. The average molecular weight is 417 g/mol. The van der Waals surface area contributed by atoms with E-state index in [-0.39, 0.29) is 11.3 Å². The van der Waals surface area contributed by atoms with E-state index < -0.39 is 0 Å². The molecule has 160 valence electrons. The van der Waals surface area contributed by atoms with Crippen molar-refractivity contribution in [1.82, 2.24) is 20.3 Å². The fourth-order valence-corrected chi connectivity index (χ4v) is 3.66. The topological polar surface area (TPSA) is 91.8 Å². The minimum absolute atomic E-state index is 0.0436. The summed E-state index contributed by atoms with van der Waals surface area (Å²) in [6, 6.07) is 10.1. The van der Waals surface area contributed by atoms with Crippen LogP contribution in [0.25, 0.3) is 11.3 Å². The predicted octanol–water partition coefficient (Wildman–Crippen LogP) is 4.32. The summed E-state index contributed by atoms with van der Waals surface area (Å²) in [5.41, 5.74) is 6.10. The predicted molar refractivity (Wildman–Crippen MR) is 123 cm³/mol. The Balaban J connectivity index is 1.53. The Morgan fingerprint density at radius 1 is 1.19 bits per heavy atom. The van der Waals surface area contributed by atoms with E-state index in [1.807, 2.05) is 38.2 Å². The fourth-order valence-electron chi connectivity index (χ4n) is 3.66. The summed E-state index contributed by atoms with van der Waals surface area (Å²) in [6.45, 7) is 9.70. The van der Waals surface area contributed by atoms with Gasteiger partial charge in [0, 0.05) is 54.1 Å². The third kappa shape index (κ3) is 4.50.